The van der Waals surface area contributed by atoms with Crippen LogP contribution < -0.4 is 5.32 Å². The van der Waals surface area contributed by atoms with Gasteiger partial charge in [0, 0.05) is 18.7 Å². The van der Waals surface area contributed by atoms with Gasteiger partial charge in [0.1, 0.15) is 0 Å². The van der Waals surface area contributed by atoms with Crippen LogP contribution >= 0.6 is 0 Å². The van der Waals surface area contributed by atoms with Crippen molar-refractivity contribution in [2.75, 3.05) is 6.54 Å². The van der Waals surface area contributed by atoms with Crippen molar-refractivity contribution in [3.8, 4) is 0 Å². The van der Waals surface area contributed by atoms with Crippen molar-refractivity contribution in [3.05, 3.63) is 58.7 Å². The number of hydrogen-bond donors (Lipinski definition) is 1. The van der Waals surface area contributed by atoms with Crippen molar-refractivity contribution >= 4 is 17.7 Å². The number of amides is 1. The molecular formula is C12H12N2O3. The fourth-order valence-electron chi connectivity index (χ4n) is 1.19. The van der Waals surface area contributed by atoms with Crippen molar-refractivity contribution < 1.29 is 9.72 Å². The second-order valence-electron chi connectivity index (χ2n) is 3.18. The first-order chi connectivity index (χ1) is 8.15. The van der Waals surface area contributed by atoms with Gasteiger partial charge >= 0.3 is 0 Å². The topological polar surface area (TPSA) is 72.2 Å². The molecule has 0 radical (unpaired) electrons. The lowest BCUT2D eigenvalue weighted by Gasteiger charge is -1.97. The van der Waals surface area contributed by atoms with Crippen molar-refractivity contribution in [2.45, 2.75) is 0 Å². The molecule has 0 aliphatic heterocycles. The Kier molecular flexibility index (Phi) is 4.62. The maximum absolute atomic E-state index is 11.2. The van der Waals surface area contributed by atoms with Gasteiger partial charge in [0.2, 0.25) is 5.91 Å². The van der Waals surface area contributed by atoms with Gasteiger partial charge < -0.3 is 5.32 Å². The molecule has 0 saturated heterocycles. The molecule has 0 aliphatic carbocycles. The third-order valence-electron chi connectivity index (χ3n) is 1.97. The molecule has 0 unspecified atom stereocenters. The van der Waals surface area contributed by atoms with E-state index in [0.717, 1.165) is 0 Å². The Morgan fingerprint density at radius 3 is 2.82 bits per heavy atom. The highest BCUT2D eigenvalue weighted by molar-refractivity contribution is 5.92. The Morgan fingerprint density at radius 2 is 2.18 bits per heavy atom. The standard InChI is InChI=1S/C12H12N2O3/c1-2-9-13-12(15)8-7-10-5-3-4-6-11(10)14(16)17/h2-8H,1,9H2,(H,13,15). The molecule has 5 heteroatoms. The van der Waals surface area contributed by atoms with Crippen LogP contribution in [0, 0.1) is 10.1 Å². The molecule has 1 N–H and O–H groups in total. The Balaban J connectivity index is 2.80. The van der Waals surface area contributed by atoms with Crippen LogP contribution in [0.5, 0.6) is 0 Å². The third kappa shape index (κ3) is 3.90. The quantitative estimate of drug-likeness (QED) is 0.365. The molecule has 0 fully saturated rings. The number of nitrogens with zero attached hydrogens (tertiary/aromatic N) is 1. The van der Waals surface area contributed by atoms with Gasteiger partial charge in [0.25, 0.3) is 5.69 Å². The first kappa shape index (κ1) is 12.6. The lowest BCUT2D eigenvalue weighted by atomic mass is 10.1. The van der Waals surface area contributed by atoms with E-state index >= 15 is 0 Å². The number of hydrogen-bond acceptors (Lipinski definition) is 3. The van der Waals surface area contributed by atoms with E-state index in [0.29, 0.717) is 12.1 Å². The maximum atomic E-state index is 11.2. The van der Waals surface area contributed by atoms with Gasteiger partial charge in [-0.3, -0.25) is 14.9 Å². The lowest BCUT2D eigenvalue weighted by molar-refractivity contribution is -0.385. The second kappa shape index (κ2) is 6.22. The van der Waals surface area contributed by atoms with Crippen molar-refractivity contribution in [1.82, 2.24) is 5.32 Å². The molecule has 0 bridgehead atoms. The maximum Gasteiger partial charge on any atom is 0.276 e. The Labute approximate surface area is 98.6 Å². The largest absolute Gasteiger partial charge is 0.349 e. The number of nitro groups is 1. The minimum absolute atomic E-state index is 0.0275. The van der Waals surface area contributed by atoms with Crippen LogP contribution in [-0.2, 0) is 4.79 Å². The summed E-state index contributed by atoms with van der Waals surface area (Å²) in [5.74, 6) is -0.317. The van der Waals surface area contributed by atoms with E-state index in [9.17, 15) is 14.9 Å². The zero-order valence-corrected chi connectivity index (χ0v) is 9.13. The fourth-order valence-corrected chi connectivity index (χ4v) is 1.19. The number of carbonyl (C=O) groups is 1. The lowest BCUT2D eigenvalue weighted by Crippen LogP contribution is -2.20. The molecule has 0 atom stereocenters. The van der Waals surface area contributed by atoms with E-state index in [-0.39, 0.29) is 11.6 Å². The molecule has 0 saturated carbocycles. The smallest absolute Gasteiger partial charge is 0.276 e. The van der Waals surface area contributed by atoms with Crippen LogP contribution in [0.2, 0.25) is 0 Å². The molecule has 1 aromatic rings. The van der Waals surface area contributed by atoms with E-state index in [1.54, 1.807) is 24.3 Å². The van der Waals surface area contributed by atoms with Crippen LogP contribution in [0.25, 0.3) is 6.08 Å². The third-order valence-corrected chi connectivity index (χ3v) is 1.97. The molecule has 1 aromatic carbocycles. The van der Waals surface area contributed by atoms with Crippen LogP contribution in [0.4, 0.5) is 5.69 Å². The van der Waals surface area contributed by atoms with Crippen molar-refractivity contribution in [2.24, 2.45) is 0 Å². The van der Waals surface area contributed by atoms with Crippen LogP contribution in [0.15, 0.2) is 43.0 Å². The van der Waals surface area contributed by atoms with Crippen LogP contribution in [0.1, 0.15) is 5.56 Å². The highest BCUT2D eigenvalue weighted by Gasteiger charge is 2.09. The first-order valence-corrected chi connectivity index (χ1v) is 4.95. The average molecular weight is 232 g/mol. The van der Waals surface area contributed by atoms with Gasteiger partial charge in [-0.25, -0.2) is 0 Å². The summed E-state index contributed by atoms with van der Waals surface area (Å²) in [5, 5.41) is 13.2. The zero-order chi connectivity index (χ0) is 12.7. The van der Waals surface area contributed by atoms with E-state index in [4.69, 9.17) is 0 Å². The minimum atomic E-state index is -0.485. The van der Waals surface area contributed by atoms with E-state index < -0.39 is 4.92 Å². The summed E-state index contributed by atoms with van der Waals surface area (Å²) in [6.07, 6.45) is 4.22. The highest BCUT2D eigenvalue weighted by atomic mass is 16.6. The SMILES string of the molecule is C=CCNC(=O)C=Cc1ccccc1[N+](=O)[O-]. The number of rotatable bonds is 5. The molecule has 17 heavy (non-hydrogen) atoms. The summed E-state index contributed by atoms with van der Waals surface area (Å²) >= 11 is 0. The molecule has 0 spiro atoms. The normalized spacial score (nSPS) is 10.1. The molecule has 0 aliphatic rings. The molecule has 0 heterocycles. The summed E-state index contributed by atoms with van der Waals surface area (Å²) in [6.45, 7) is 3.82. The second-order valence-corrected chi connectivity index (χ2v) is 3.18. The van der Waals surface area contributed by atoms with Crippen molar-refractivity contribution in [3.63, 3.8) is 0 Å². The minimum Gasteiger partial charge on any atom is -0.349 e. The number of nitro benzene ring substituents is 1. The average Bonchev–Trinajstić information content (AvgIpc) is 2.34. The Morgan fingerprint density at radius 1 is 1.47 bits per heavy atom. The monoisotopic (exact) mass is 232 g/mol. The van der Waals surface area contributed by atoms with Gasteiger partial charge in [-0.2, -0.15) is 0 Å². The molecule has 0 aromatic heterocycles. The predicted octanol–water partition coefficient (Wildman–Crippen LogP) is 1.91. The van der Waals surface area contributed by atoms with Gasteiger partial charge in [-0.05, 0) is 12.1 Å². The first-order valence-electron chi connectivity index (χ1n) is 4.95. The molecule has 5 nitrogen and oxygen atoms in total. The molecule has 1 amide bonds. The zero-order valence-electron chi connectivity index (χ0n) is 9.13. The number of nitrogens with one attached hydrogen (secondary N) is 1. The molecule has 88 valence electrons. The Hall–Kier alpha value is -2.43. The van der Waals surface area contributed by atoms with Gasteiger partial charge in [0.05, 0.1) is 10.5 Å². The van der Waals surface area contributed by atoms with E-state index in [1.807, 2.05) is 0 Å². The fraction of sp³-hybridized carbons (Fsp3) is 0.0833. The van der Waals surface area contributed by atoms with Gasteiger partial charge in [-0.1, -0.05) is 18.2 Å². The van der Waals surface area contributed by atoms with E-state index in [1.165, 1.54) is 18.2 Å². The highest BCUT2D eigenvalue weighted by Crippen LogP contribution is 2.18. The van der Waals surface area contributed by atoms with Gasteiger partial charge in [-0.15, -0.1) is 6.58 Å². The number of carbonyl (C=O) groups excluding carboxylic acids is 1. The van der Waals surface area contributed by atoms with Crippen LogP contribution in [0.3, 0.4) is 0 Å². The molecular weight excluding hydrogens is 220 g/mol. The Bertz CT molecular complexity index is 467. The van der Waals surface area contributed by atoms with Gasteiger partial charge in [0.15, 0.2) is 0 Å². The molecule has 1 rings (SSSR count). The predicted molar refractivity (Wildman–Crippen MR) is 65.3 cm³/mol. The number of para-hydroxylation sites is 1. The summed E-state index contributed by atoms with van der Waals surface area (Å²) < 4.78 is 0. The summed E-state index contributed by atoms with van der Waals surface area (Å²) in [4.78, 5) is 21.5. The summed E-state index contributed by atoms with van der Waals surface area (Å²) in [7, 11) is 0. The summed E-state index contributed by atoms with van der Waals surface area (Å²) in [6, 6.07) is 6.22. The van der Waals surface area contributed by atoms with Crippen molar-refractivity contribution in [1.29, 1.82) is 0 Å². The van der Waals surface area contributed by atoms with Crippen LogP contribution in [-0.4, -0.2) is 17.4 Å². The summed E-state index contributed by atoms with van der Waals surface area (Å²) in [5.41, 5.74) is 0.367. The van der Waals surface area contributed by atoms with E-state index in [2.05, 4.69) is 11.9 Å². The number of benzene rings is 1.